The molecule has 0 fully saturated rings. The van der Waals surface area contributed by atoms with Crippen LogP contribution in [0.2, 0.25) is 10.0 Å². The van der Waals surface area contributed by atoms with Gasteiger partial charge in [-0.3, -0.25) is 4.79 Å². The minimum absolute atomic E-state index is 0.0303. The van der Waals surface area contributed by atoms with Crippen LogP contribution in [0.15, 0.2) is 35.1 Å². The Kier molecular flexibility index (Phi) is 3.03. The molecule has 1 aromatic carbocycles. The molecule has 4 heteroatoms. The van der Waals surface area contributed by atoms with Crippen LogP contribution >= 0.6 is 23.2 Å². The van der Waals surface area contributed by atoms with Gasteiger partial charge in [0.1, 0.15) is 0 Å². The highest BCUT2D eigenvalue weighted by Crippen LogP contribution is 2.27. The molecule has 0 atom stereocenters. The number of hydrogen-bond acceptors (Lipinski definition) is 1. The molecule has 0 aliphatic heterocycles. The molecule has 0 radical (unpaired) electrons. The Morgan fingerprint density at radius 3 is 2.44 bits per heavy atom. The predicted octanol–water partition coefficient (Wildman–Crippen LogP) is 3.66. The van der Waals surface area contributed by atoms with Crippen molar-refractivity contribution < 1.29 is 0 Å². The normalized spacial score (nSPS) is 10.4. The second kappa shape index (κ2) is 4.32. The average molecular weight is 254 g/mol. The van der Waals surface area contributed by atoms with E-state index in [4.69, 9.17) is 23.2 Å². The fourth-order valence-electron chi connectivity index (χ4n) is 1.50. The van der Waals surface area contributed by atoms with E-state index >= 15 is 0 Å². The summed E-state index contributed by atoms with van der Waals surface area (Å²) in [6, 6.07) is 8.33. The maximum atomic E-state index is 11.4. The summed E-state index contributed by atoms with van der Waals surface area (Å²) in [5.41, 5.74) is 2.37. The van der Waals surface area contributed by atoms with Gasteiger partial charge < -0.3 is 4.98 Å². The van der Waals surface area contributed by atoms with Crippen molar-refractivity contribution in [2.24, 2.45) is 0 Å². The lowest BCUT2D eigenvalue weighted by molar-refractivity contribution is 1.19. The Hall–Kier alpha value is -1.25. The Bertz CT molecular complexity index is 590. The molecule has 1 N–H and O–H groups in total. The van der Waals surface area contributed by atoms with Gasteiger partial charge in [-0.15, -0.1) is 0 Å². The quantitative estimate of drug-likeness (QED) is 0.827. The van der Waals surface area contributed by atoms with Crippen LogP contribution in [-0.4, -0.2) is 4.98 Å². The Morgan fingerprint density at radius 1 is 1.06 bits per heavy atom. The molecule has 16 heavy (non-hydrogen) atoms. The van der Waals surface area contributed by atoms with Crippen molar-refractivity contribution in [1.29, 1.82) is 0 Å². The smallest absolute Gasteiger partial charge is 0.182 e. The molecular formula is C12H9Cl2NO. The zero-order valence-corrected chi connectivity index (χ0v) is 10.1. The van der Waals surface area contributed by atoms with Gasteiger partial charge in [0, 0.05) is 23.5 Å². The molecule has 0 aliphatic carbocycles. The van der Waals surface area contributed by atoms with Gasteiger partial charge >= 0.3 is 0 Å². The highest BCUT2D eigenvalue weighted by atomic mass is 35.5. The van der Waals surface area contributed by atoms with Crippen molar-refractivity contribution in [2.45, 2.75) is 6.92 Å². The highest BCUT2D eigenvalue weighted by Gasteiger charge is 2.03. The molecule has 0 saturated heterocycles. The Morgan fingerprint density at radius 2 is 1.81 bits per heavy atom. The van der Waals surface area contributed by atoms with Crippen LogP contribution in [0.3, 0.4) is 0 Å². The third-order valence-electron chi connectivity index (χ3n) is 2.21. The van der Waals surface area contributed by atoms with Gasteiger partial charge in [0.05, 0.1) is 10.0 Å². The Labute approximate surface area is 103 Å². The summed E-state index contributed by atoms with van der Waals surface area (Å²) >= 11 is 11.7. The minimum Gasteiger partial charge on any atom is -0.358 e. The summed E-state index contributed by atoms with van der Waals surface area (Å²) in [6.07, 6.45) is 0. The van der Waals surface area contributed by atoms with Crippen molar-refractivity contribution in [3.63, 3.8) is 0 Å². The molecule has 1 aromatic heterocycles. The molecule has 0 unspecified atom stereocenters. The van der Waals surface area contributed by atoms with Crippen molar-refractivity contribution in [2.75, 3.05) is 0 Å². The van der Waals surface area contributed by atoms with Gasteiger partial charge in [0.25, 0.3) is 0 Å². The molecule has 2 rings (SSSR count). The predicted molar refractivity (Wildman–Crippen MR) is 67.3 cm³/mol. The van der Waals surface area contributed by atoms with E-state index in [1.165, 1.54) is 6.07 Å². The first-order chi connectivity index (χ1) is 7.56. The molecule has 1 heterocycles. The number of nitrogens with one attached hydrogen (secondary N) is 1. The third kappa shape index (κ3) is 2.29. The first-order valence-electron chi connectivity index (χ1n) is 4.72. The number of aromatic nitrogens is 1. The number of aryl methyl sites for hydroxylation is 1. The van der Waals surface area contributed by atoms with Gasteiger partial charge in [0.15, 0.2) is 5.43 Å². The van der Waals surface area contributed by atoms with Crippen LogP contribution in [0.25, 0.3) is 11.3 Å². The fraction of sp³-hybridized carbons (Fsp3) is 0.0833. The van der Waals surface area contributed by atoms with E-state index in [0.29, 0.717) is 10.0 Å². The fourth-order valence-corrected chi connectivity index (χ4v) is 1.80. The molecule has 0 amide bonds. The number of hydrogen-bond donors (Lipinski definition) is 1. The van der Waals surface area contributed by atoms with Crippen LogP contribution < -0.4 is 5.43 Å². The maximum Gasteiger partial charge on any atom is 0.182 e. The summed E-state index contributed by atoms with van der Waals surface area (Å²) in [6.45, 7) is 1.84. The first-order valence-corrected chi connectivity index (χ1v) is 5.48. The van der Waals surface area contributed by atoms with Gasteiger partial charge in [0.2, 0.25) is 0 Å². The van der Waals surface area contributed by atoms with Crippen LogP contribution in [0, 0.1) is 6.92 Å². The van der Waals surface area contributed by atoms with E-state index in [-0.39, 0.29) is 5.43 Å². The lowest BCUT2D eigenvalue weighted by atomic mass is 10.1. The summed E-state index contributed by atoms with van der Waals surface area (Å²) < 4.78 is 0. The minimum atomic E-state index is -0.0303. The van der Waals surface area contributed by atoms with E-state index in [9.17, 15) is 4.79 Å². The first kappa shape index (κ1) is 11.2. The maximum absolute atomic E-state index is 11.4. The summed E-state index contributed by atoms with van der Waals surface area (Å²) in [5.74, 6) is 0. The molecule has 0 bridgehead atoms. The van der Waals surface area contributed by atoms with E-state index in [2.05, 4.69) is 4.98 Å². The third-order valence-corrected chi connectivity index (χ3v) is 2.95. The van der Waals surface area contributed by atoms with Crippen LogP contribution in [0.1, 0.15) is 5.69 Å². The molecule has 2 nitrogen and oxygen atoms in total. The Balaban J connectivity index is 2.58. The second-order valence-electron chi connectivity index (χ2n) is 3.54. The van der Waals surface area contributed by atoms with Gasteiger partial charge in [-0.1, -0.05) is 29.3 Å². The highest BCUT2D eigenvalue weighted by molar-refractivity contribution is 6.42. The van der Waals surface area contributed by atoms with Gasteiger partial charge in [-0.25, -0.2) is 0 Å². The molecule has 0 saturated carbocycles. The largest absolute Gasteiger partial charge is 0.358 e. The average Bonchev–Trinajstić information content (AvgIpc) is 2.20. The standard InChI is InChI=1S/C12H9Cl2NO/c1-7-4-9(16)6-12(15-7)8-2-3-10(13)11(14)5-8/h2-6H,1H3,(H,15,16). The molecule has 2 aromatic rings. The van der Waals surface area contributed by atoms with E-state index in [1.54, 1.807) is 18.2 Å². The van der Waals surface area contributed by atoms with Gasteiger partial charge in [-0.05, 0) is 24.6 Å². The van der Waals surface area contributed by atoms with Crippen molar-refractivity contribution >= 4 is 23.2 Å². The number of rotatable bonds is 1. The topological polar surface area (TPSA) is 32.9 Å². The molecule has 82 valence electrons. The molecule has 0 aliphatic rings. The number of halogens is 2. The van der Waals surface area contributed by atoms with Crippen LogP contribution in [0.4, 0.5) is 0 Å². The van der Waals surface area contributed by atoms with Crippen molar-refractivity contribution in [3.05, 3.63) is 56.3 Å². The summed E-state index contributed by atoms with van der Waals surface area (Å²) in [4.78, 5) is 14.5. The number of aromatic amines is 1. The lowest BCUT2D eigenvalue weighted by Gasteiger charge is -2.04. The van der Waals surface area contributed by atoms with Crippen LogP contribution in [0.5, 0.6) is 0 Å². The van der Waals surface area contributed by atoms with E-state index in [1.807, 2.05) is 13.0 Å². The van der Waals surface area contributed by atoms with E-state index < -0.39 is 0 Å². The van der Waals surface area contributed by atoms with Crippen LogP contribution in [-0.2, 0) is 0 Å². The molecule has 0 spiro atoms. The van der Waals surface area contributed by atoms with Crippen molar-refractivity contribution in [1.82, 2.24) is 4.98 Å². The molecular weight excluding hydrogens is 245 g/mol. The second-order valence-corrected chi connectivity index (χ2v) is 4.36. The number of H-pyrrole nitrogens is 1. The summed E-state index contributed by atoms with van der Waals surface area (Å²) in [5, 5.41) is 0.974. The zero-order chi connectivity index (χ0) is 11.7. The van der Waals surface area contributed by atoms with Gasteiger partial charge in [-0.2, -0.15) is 0 Å². The monoisotopic (exact) mass is 253 g/mol. The number of pyridine rings is 1. The lowest BCUT2D eigenvalue weighted by Crippen LogP contribution is -2.01. The zero-order valence-electron chi connectivity index (χ0n) is 8.55. The van der Waals surface area contributed by atoms with Crippen molar-refractivity contribution in [3.8, 4) is 11.3 Å². The number of benzene rings is 1. The van der Waals surface area contributed by atoms with E-state index in [0.717, 1.165) is 17.0 Å². The summed E-state index contributed by atoms with van der Waals surface area (Å²) in [7, 11) is 0. The SMILES string of the molecule is Cc1cc(=O)cc(-c2ccc(Cl)c(Cl)c2)[nH]1.